The summed E-state index contributed by atoms with van der Waals surface area (Å²) < 4.78 is 26.0. The van der Waals surface area contributed by atoms with E-state index in [0.29, 0.717) is 5.56 Å². The van der Waals surface area contributed by atoms with Crippen molar-refractivity contribution in [3.8, 4) is 5.75 Å². The molecule has 0 aliphatic heterocycles. The van der Waals surface area contributed by atoms with E-state index in [4.69, 9.17) is 0 Å². The standard InChI is InChI=1S/C25H26N2O5S/c1-4-23(33(31,32)20-7-5-6-17(3)14-20)25(30)26-19-12-13-21(22(28)15-19)27-24(29)18-10-8-16(2)9-11-18/h5-15,23,28H,4H2,1-3H3,(H,26,30)(H,27,29). The molecule has 0 aromatic heterocycles. The lowest BCUT2D eigenvalue weighted by atomic mass is 10.1. The number of hydrogen-bond donors (Lipinski definition) is 3. The topological polar surface area (TPSA) is 113 Å². The highest BCUT2D eigenvalue weighted by Gasteiger charge is 2.32. The van der Waals surface area contributed by atoms with Crippen LogP contribution in [0.3, 0.4) is 0 Å². The maximum atomic E-state index is 13.0. The molecule has 3 rings (SSSR count). The normalized spacial score (nSPS) is 12.1. The summed E-state index contributed by atoms with van der Waals surface area (Å²) in [6, 6.07) is 17.6. The fourth-order valence-corrected chi connectivity index (χ4v) is 5.07. The van der Waals surface area contributed by atoms with Crippen LogP contribution in [0.5, 0.6) is 5.75 Å². The smallest absolute Gasteiger partial charge is 0.255 e. The summed E-state index contributed by atoms with van der Waals surface area (Å²) in [5.74, 6) is -1.35. The highest BCUT2D eigenvalue weighted by Crippen LogP contribution is 2.28. The van der Waals surface area contributed by atoms with Crippen LogP contribution in [-0.4, -0.2) is 30.6 Å². The summed E-state index contributed by atoms with van der Waals surface area (Å²) in [6.07, 6.45) is 0.0821. The SMILES string of the molecule is CCC(C(=O)Nc1ccc(NC(=O)c2ccc(C)cc2)c(O)c1)S(=O)(=O)c1cccc(C)c1. The van der Waals surface area contributed by atoms with Gasteiger partial charge in [-0.15, -0.1) is 0 Å². The molecule has 0 saturated carbocycles. The average molecular weight is 467 g/mol. The van der Waals surface area contributed by atoms with Crippen molar-refractivity contribution in [1.29, 1.82) is 0 Å². The number of rotatable bonds is 7. The first kappa shape index (κ1) is 24.0. The maximum absolute atomic E-state index is 13.0. The number of aromatic hydroxyl groups is 1. The number of hydrogen-bond acceptors (Lipinski definition) is 5. The second-order valence-electron chi connectivity index (χ2n) is 7.80. The third-order valence-corrected chi connectivity index (χ3v) is 7.39. The zero-order chi connectivity index (χ0) is 24.2. The Kier molecular flexibility index (Phi) is 7.18. The largest absolute Gasteiger partial charge is 0.506 e. The number of benzene rings is 3. The van der Waals surface area contributed by atoms with Crippen molar-refractivity contribution in [1.82, 2.24) is 0 Å². The van der Waals surface area contributed by atoms with Gasteiger partial charge in [0.2, 0.25) is 5.91 Å². The second kappa shape index (κ2) is 9.87. The number of carbonyl (C=O) groups is 2. The van der Waals surface area contributed by atoms with Crippen LogP contribution in [0.15, 0.2) is 71.6 Å². The Morgan fingerprint density at radius 2 is 1.61 bits per heavy atom. The van der Waals surface area contributed by atoms with E-state index in [0.717, 1.165) is 11.1 Å². The van der Waals surface area contributed by atoms with Crippen LogP contribution in [-0.2, 0) is 14.6 Å². The summed E-state index contributed by atoms with van der Waals surface area (Å²) in [4.78, 5) is 25.3. The minimum atomic E-state index is -3.89. The van der Waals surface area contributed by atoms with Gasteiger partial charge in [0.05, 0.1) is 10.6 Å². The summed E-state index contributed by atoms with van der Waals surface area (Å²) in [7, 11) is -3.89. The van der Waals surface area contributed by atoms with Crippen LogP contribution >= 0.6 is 0 Å². The Morgan fingerprint density at radius 1 is 0.909 bits per heavy atom. The predicted molar refractivity (Wildman–Crippen MR) is 128 cm³/mol. The van der Waals surface area contributed by atoms with Crippen LogP contribution in [0, 0.1) is 13.8 Å². The molecule has 1 atom stereocenters. The molecule has 3 aromatic carbocycles. The predicted octanol–water partition coefficient (Wildman–Crippen LogP) is 4.45. The molecule has 8 heteroatoms. The van der Waals surface area contributed by atoms with Crippen molar-refractivity contribution in [3.63, 3.8) is 0 Å². The van der Waals surface area contributed by atoms with Crippen molar-refractivity contribution in [2.24, 2.45) is 0 Å². The van der Waals surface area contributed by atoms with Crippen LogP contribution < -0.4 is 10.6 Å². The second-order valence-corrected chi connectivity index (χ2v) is 9.93. The molecule has 0 radical (unpaired) electrons. The molecule has 3 N–H and O–H groups in total. The molecular formula is C25H26N2O5S. The number of anilines is 2. The molecule has 7 nitrogen and oxygen atoms in total. The van der Waals surface area contributed by atoms with E-state index in [-0.39, 0.29) is 28.4 Å². The van der Waals surface area contributed by atoms with Crippen LogP contribution in [0.2, 0.25) is 0 Å². The van der Waals surface area contributed by atoms with Gasteiger partial charge in [0, 0.05) is 17.3 Å². The van der Waals surface area contributed by atoms with Crippen molar-refractivity contribution < 1.29 is 23.1 Å². The van der Waals surface area contributed by atoms with Crippen LogP contribution in [0.1, 0.15) is 34.8 Å². The highest BCUT2D eigenvalue weighted by atomic mass is 32.2. The number of phenolic OH excluding ortho intramolecular Hbond substituents is 1. The first-order valence-electron chi connectivity index (χ1n) is 10.4. The lowest BCUT2D eigenvalue weighted by molar-refractivity contribution is -0.115. The fourth-order valence-electron chi connectivity index (χ4n) is 3.34. The number of carbonyl (C=O) groups excluding carboxylic acids is 2. The summed E-state index contributed by atoms with van der Waals surface area (Å²) in [5, 5.41) is 14.2. The molecule has 1 unspecified atom stereocenters. The van der Waals surface area contributed by atoms with Crippen LogP contribution in [0.25, 0.3) is 0 Å². The van der Waals surface area contributed by atoms with Gasteiger partial charge >= 0.3 is 0 Å². The molecular weight excluding hydrogens is 440 g/mol. The van der Waals surface area contributed by atoms with E-state index in [1.54, 1.807) is 38.1 Å². The van der Waals surface area contributed by atoms with Gasteiger partial charge in [0.15, 0.2) is 9.84 Å². The Labute approximate surface area is 193 Å². The van der Waals surface area contributed by atoms with Crippen molar-refractivity contribution in [2.75, 3.05) is 10.6 Å². The molecule has 0 bridgehead atoms. The van der Waals surface area contributed by atoms with Crippen LogP contribution in [0.4, 0.5) is 11.4 Å². The molecule has 2 amide bonds. The molecule has 33 heavy (non-hydrogen) atoms. The summed E-state index contributed by atoms with van der Waals surface area (Å²) >= 11 is 0. The number of amides is 2. The zero-order valence-electron chi connectivity index (χ0n) is 18.6. The van der Waals surface area contributed by atoms with E-state index in [9.17, 15) is 23.1 Å². The first-order chi connectivity index (χ1) is 15.6. The van der Waals surface area contributed by atoms with Gasteiger partial charge in [0.25, 0.3) is 5.91 Å². The molecule has 0 heterocycles. The molecule has 0 saturated heterocycles. The molecule has 0 fully saturated rings. The number of nitrogens with one attached hydrogen (secondary N) is 2. The molecule has 0 aliphatic carbocycles. The molecule has 0 spiro atoms. The minimum absolute atomic E-state index is 0.0821. The first-order valence-corrected chi connectivity index (χ1v) is 12.0. The van der Waals surface area contributed by atoms with E-state index >= 15 is 0 Å². The fraction of sp³-hybridized carbons (Fsp3) is 0.200. The summed E-state index contributed by atoms with van der Waals surface area (Å²) in [5.41, 5.74) is 2.61. The van der Waals surface area contributed by atoms with E-state index in [1.165, 1.54) is 30.3 Å². The van der Waals surface area contributed by atoms with Gasteiger partial charge in [-0.25, -0.2) is 8.42 Å². The Morgan fingerprint density at radius 3 is 2.21 bits per heavy atom. The lowest BCUT2D eigenvalue weighted by Gasteiger charge is -2.17. The monoisotopic (exact) mass is 466 g/mol. The van der Waals surface area contributed by atoms with E-state index < -0.39 is 26.9 Å². The Balaban J connectivity index is 1.75. The van der Waals surface area contributed by atoms with E-state index in [1.807, 2.05) is 19.1 Å². The number of sulfone groups is 1. The van der Waals surface area contributed by atoms with Crippen molar-refractivity contribution in [2.45, 2.75) is 37.3 Å². The number of aryl methyl sites for hydroxylation is 2. The van der Waals surface area contributed by atoms with Crippen molar-refractivity contribution in [3.05, 3.63) is 83.4 Å². The Hall–Kier alpha value is -3.65. The van der Waals surface area contributed by atoms with E-state index in [2.05, 4.69) is 10.6 Å². The van der Waals surface area contributed by atoms with Gasteiger partial charge in [-0.1, -0.05) is 36.8 Å². The average Bonchev–Trinajstić information content (AvgIpc) is 2.76. The maximum Gasteiger partial charge on any atom is 0.255 e. The minimum Gasteiger partial charge on any atom is -0.506 e. The molecule has 0 aliphatic rings. The third kappa shape index (κ3) is 5.59. The molecule has 3 aromatic rings. The Bertz CT molecular complexity index is 1280. The zero-order valence-corrected chi connectivity index (χ0v) is 19.4. The summed E-state index contributed by atoms with van der Waals surface area (Å²) in [6.45, 7) is 5.32. The van der Waals surface area contributed by atoms with Gasteiger partial charge in [-0.2, -0.15) is 0 Å². The molecule has 172 valence electrons. The van der Waals surface area contributed by atoms with Gasteiger partial charge in [0.1, 0.15) is 11.0 Å². The van der Waals surface area contributed by atoms with Gasteiger partial charge in [-0.3, -0.25) is 9.59 Å². The lowest BCUT2D eigenvalue weighted by Crippen LogP contribution is -2.34. The highest BCUT2D eigenvalue weighted by molar-refractivity contribution is 7.92. The third-order valence-electron chi connectivity index (χ3n) is 5.18. The quantitative estimate of drug-likeness (QED) is 0.445. The van der Waals surface area contributed by atoms with Gasteiger partial charge in [-0.05, 0) is 62.2 Å². The van der Waals surface area contributed by atoms with Gasteiger partial charge < -0.3 is 15.7 Å². The van der Waals surface area contributed by atoms with Crippen molar-refractivity contribution >= 4 is 33.0 Å². The number of phenols is 1.